The summed E-state index contributed by atoms with van der Waals surface area (Å²) in [4.78, 5) is 0. The van der Waals surface area contributed by atoms with Crippen molar-refractivity contribution in [1.82, 2.24) is 5.32 Å². The van der Waals surface area contributed by atoms with E-state index in [0.29, 0.717) is 0 Å². The Hall–Kier alpha value is -1.52. The largest absolute Gasteiger partial charge is 0.504 e. The van der Waals surface area contributed by atoms with Crippen molar-refractivity contribution in [3.05, 3.63) is 52.1 Å². The van der Waals surface area contributed by atoms with Crippen LogP contribution >= 0.6 is 17.0 Å². The number of rotatable bonds is 0. The fourth-order valence-corrected chi connectivity index (χ4v) is 3.61. The molecule has 1 aromatic carbocycles. The Kier molecular flexibility index (Phi) is 3.68. The lowest BCUT2D eigenvalue weighted by Gasteiger charge is -2.25. The van der Waals surface area contributed by atoms with Crippen molar-refractivity contribution < 1.29 is 10.2 Å². The van der Waals surface area contributed by atoms with Gasteiger partial charge >= 0.3 is 0 Å². The molecule has 110 valence electrons. The summed E-state index contributed by atoms with van der Waals surface area (Å²) in [5.41, 5.74) is 7.24. The number of nitrogens with one attached hydrogen (secondary N) is 1. The highest BCUT2D eigenvalue weighted by molar-refractivity contribution is 8.93. The molecule has 1 heterocycles. The number of allylic oxidation sites excluding steroid dienone is 5. The summed E-state index contributed by atoms with van der Waals surface area (Å²) in [5.74, 6) is 0.0692. The molecule has 4 heteroatoms. The third-order valence-electron chi connectivity index (χ3n) is 4.53. The number of phenolic OH excluding ortho intramolecular Hbond substituents is 2. The minimum atomic E-state index is 0. The summed E-state index contributed by atoms with van der Waals surface area (Å²) >= 11 is 0. The van der Waals surface area contributed by atoms with Gasteiger partial charge in [0.2, 0.25) is 0 Å². The van der Waals surface area contributed by atoms with Gasteiger partial charge in [-0.25, -0.2) is 0 Å². The molecule has 1 aromatic rings. The molecule has 0 atom stereocenters. The van der Waals surface area contributed by atoms with E-state index >= 15 is 0 Å². The first-order valence-electron chi connectivity index (χ1n) is 7.11. The zero-order valence-corrected chi connectivity index (χ0v) is 13.4. The summed E-state index contributed by atoms with van der Waals surface area (Å²) in [6, 6.07) is 1.70. The summed E-state index contributed by atoms with van der Waals surface area (Å²) in [7, 11) is 0. The lowest BCUT2D eigenvalue weighted by molar-refractivity contribution is 0.398. The molecule has 0 spiro atoms. The summed E-state index contributed by atoms with van der Waals surface area (Å²) in [5, 5.41) is 23.6. The van der Waals surface area contributed by atoms with Gasteiger partial charge in [-0.3, -0.25) is 0 Å². The highest BCUT2D eigenvalue weighted by atomic mass is 79.9. The summed E-state index contributed by atoms with van der Waals surface area (Å²) < 4.78 is 0. The zero-order valence-electron chi connectivity index (χ0n) is 11.6. The smallest absolute Gasteiger partial charge is 0.161 e. The van der Waals surface area contributed by atoms with Gasteiger partial charge in [0.15, 0.2) is 11.5 Å². The summed E-state index contributed by atoms with van der Waals surface area (Å²) in [6.45, 7) is 1.59. The lowest BCUT2D eigenvalue weighted by atomic mass is 9.86. The molecule has 0 aromatic heterocycles. The van der Waals surface area contributed by atoms with Crippen LogP contribution in [0.4, 0.5) is 0 Å². The number of hydrogen-bond donors (Lipinski definition) is 3. The second kappa shape index (κ2) is 5.35. The van der Waals surface area contributed by atoms with E-state index in [9.17, 15) is 10.2 Å². The van der Waals surface area contributed by atoms with Crippen molar-refractivity contribution in [3.8, 4) is 11.5 Å². The minimum Gasteiger partial charge on any atom is -0.504 e. The number of benzene rings is 1. The fraction of sp³-hybridized carbons (Fsp3) is 0.294. The van der Waals surface area contributed by atoms with Crippen molar-refractivity contribution in [2.75, 3.05) is 6.54 Å². The molecule has 0 saturated heterocycles. The topological polar surface area (TPSA) is 52.5 Å². The molecular formula is C17H18BrNO2. The van der Waals surface area contributed by atoms with Gasteiger partial charge in [0, 0.05) is 18.7 Å². The average molecular weight is 348 g/mol. The first kappa shape index (κ1) is 14.4. The van der Waals surface area contributed by atoms with Gasteiger partial charge < -0.3 is 15.5 Å². The van der Waals surface area contributed by atoms with E-state index in [4.69, 9.17) is 0 Å². The van der Waals surface area contributed by atoms with E-state index in [2.05, 4.69) is 23.5 Å². The molecule has 3 N–H and O–H groups in total. The van der Waals surface area contributed by atoms with Crippen molar-refractivity contribution >= 4 is 22.6 Å². The molecule has 3 aliphatic rings. The molecule has 0 amide bonds. The van der Waals surface area contributed by atoms with Crippen molar-refractivity contribution in [1.29, 1.82) is 0 Å². The Morgan fingerprint density at radius 1 is 1.05 bits per heavy atom. The van der Waals surface area contributed by atoms with E-state index in [1.54, 1.807) is 6.07 Å². The number of fused-ring (bicyclic) bond motifs is 1. The van der Waals surface area contributed by atoms with E-state index in [1.807, 2.05) is 0 Å². The quantitative estimate of drug-likeness (QED) is 0.630. The standard InChI is InChI=1S/C17H17NO2.BrH/c19-15-7-11-8-18-9-14-12-4-2-1-3-10(12)5-6-13(16(11)14)17(15)20;/h1-3,7,18-20H,4-6,8-9H2;1H. The van der Waals surface area contributed by atoms with E-state index < -0.39 is 0 Å². The summed E-state index contributed by atoms with van der Waals surface area (Å²) in [6.07, 6.45) is 9.16. The monoisotopic (exact) mass is 347 g/mol. The second-order valence-electron chi connectivity index (χ2n) is 5.64. The Morgan fingerprint density at radius 2 is 1.90 bits per heavy atom. The van der Waals surface area contributed by atoms with Crippen LogP contribution in [0.15, 0.2) is 35.4 Å². The predicted molar refractivity (Wildman–Crippen MR) is 88.9 cm³/mol. The normalized spacial score (nSPS) is 19.1. The van der Waals surface area contributed by atoms with Gasteiger partial charge in [-0.2, -0.15) is 0 Å². The lowest BCUT2D eigenvalue weighted by Crippen LogP contribution is -2.24. The van der Waals surface area contributed by atoms with Crippen LogP contribution < -0.4 is 5.32 Å². The van der Waals surface area contributed by atoms with Crippen LogP contribution in [-0.2, 0) is 13.0 Å². The molecule has 0 unspecified atom stereocenters. The molecular weight excluding hydrogens is 330 g/mol. The van der Waals surface area contributed by atoms with Gasteiger partial charge in [-0.05, 0) is 53.2 Å². The SMILES string of the molecule is Br.Oc1cc2c3c(c1O)CCC1=CC=CCC1=C3CNC2. The van der Waals surface area contributed by atoms with Crippen molar-refractivity contribution in [3.63, 3.8) is 0 Å². The zero-order chi connectivity index (χ0) is 13.7. The second-order valence-corrected chi connectivity index (χ2v) is 5.64. The van der Waals surface area contributed by atoms with Crippen LogP contribution in [0.25, 0.3) is 5.57 Å². The highest BCUT2D eigenvalue weighted by Crippen LogP contribution is 2.45. The predicted octanol–water partition coefficient (Wildman–Crippen LogP) is 3.37. The molecule has 21 heavy (non-hydrogen) atoms. The number of halogens is 1. The van der Waals surface area contributed by atoms with Crippen LogP contribution in [0.2, 0.25) is 0 Å². The van der Waals surface area contributed by atoms with Gasteiger partial charge in [-0.1, -0.05) is 18.2 Å². The van der Waals surface area contributed by atoms with Crippen LogP contribution in [0, 0.1) is 0 Å². The maximum Gasteiger partial charge on any atom is 0.161 e. The van der Waals surface area contributed by atoms with Gasteiger partial charge in [0.05, 0.1) is 0 Å². The van der Waals surface area contributed by atoms with Crippen LogP contribution in [0.1, 0.15) is 29.5 Å². The van der Waals surface area contributed by atoms with Crippen LogP contribution in [-0.4, -0.2) is 16.8 Å². The van der Waals surface area contributed by atoms with E-state index in [0.717, 1.165) is 43.5 Å². The average Bonchev–Trinajstić information content (AvgIpc) is 2.64. The molecule has 3 nitrogen and oxygen atoms in total. The molecule has 2 aliphatic carbocycles. The molecule has 4 rings (SSSR count). The van der Waals surface area contributed by atoms with Crippen molar-refractivity contribution in [2.45, 2.75) is 25.8 Å². The Labute approximate surface area is 134 Å². The van der Waals surface area contributed by atoms with Crippen LogP contribution in [0.5, 0.6) is 11.5 Å². The van der Waals surface area contributed by atoms with Gasteiger partial charge in [-0.15, -0.1) is 17.0 Å². The maximum absolute atomic E-state index is 10.2. The van der Waals surface area contributed by atoms with E-state index in [1.165, 1.54) is 22.3 Å². The first-order chi connectivity index (χ1) is 9.75. The molecule has 0 bridgehead atoms. The minimum absolute atomic E-state index is 0. The number of phenols is 2. The first-order valence-corrected chi connectivity index (χ1v) is 7.11. The fourth-order valence-electron chi connectivity index (χ4n) is 3.61. The highest BCUT2D eigenvalue weighted by Gasteiger charge is 2.28. The number of hydrogen-bond acceptors (Lipinski definition) is 3. The maximum atomic E-state index is 10.2. The molecule has 0 radical (unpaired) electrons. The molecule has 1 aliphatic heterocycles. The van der Waals surface area contributed by atoms with Gasteiger partial charge in [0.25, 0.3) is 0 Å². The Bertz CT molecular complexity index is 701. The molecule has 0 saturated carbocycles. The third kappa shape index (κ3) is 2.14. The van der Waals surface area contributed by atoms with E-state index in [-0.39, 0.29) is 28.5 Å². The third-order valence-corrected chi connectivity index (χ3v) is 4.53. The van der Waals surface area contributed by atoms with Crippen LogP contribution in [0.3, 0.4) is 0 Å². The molecule has 0 fully saturated rings. The Balaban J connectivity index is 0.00000132. The van der Waals surface area contributed by atoms with Crippen molar-refractivity contribution in [2.24, 2.45) is 0 Å². The number of aromatic hydroxyl groups is 2. The Morgan fingerprint density at radius 3 is 2.76 bits per heavy atom. The van der Waals surface area contributed by atoms with Gasteiger partial charge in [0.1, 0.15) is 0 Å².